The molecule has 0 fully saturated rings. The second-order valence-corrected chi connectivity index (χ2v) is 5.04. The van der Waals surface area contributed by atoms with E-state index in [0.717, 1.165) is 18.5 Å². The zero-order valence-electron chi connectivity index (χ0n) is 8.32. The minimum absolute atomic E-state index is 0.117. The molecule has 1 rings (SSSR count). The van der Waals surface area contributed by atoms with Gasteiger partial charge in [0.15, 0.2) is 9.84 Å². The number of nitro groups is 1. The van der Waals surface area contributed by atoms with E-state index in [2.05, 4.69) is 5.10 Å². The fraction of sp³-hybridized carbons (Fsp3) is 0.125. The van der Waals surface area contributed by atoms with E-state index in [0.29, 0.717) is 0 Å². The Morgan fingerprint density at radius 3 is 2.56 bits per heavy atom. The quantitative estimate of drug-likeness (QED) is 0.354. The van der Waals surface area contributed by atoms with Crippen LogP contribution in [0.25, 0.3) is 0 Å². The largest absolute Gasteiger partial charge is 0.323 e. The third-order valence-corrected chi connectivity index (χ3v) is 2.95. The topological polar surface area (TPSA) is 116 Å². The number of nitrogens with zero attached hydrogens (tertiary/aromatic N) is 2. The molecule has 1 aromatic rings. The molecule has 0 heterocycles. The number of nitro benzene ring substituents is 1. The predicted molar refractivity (Wildman–Crippen MR) is 58.0 cm³/mol. The Bertz CT molecular complexity index is 550. The third kappa shape index (κ3) is 2.54. The number of hydrogen-bond donors (Lipinski definition) is 1. The lowest BCUT2D eigenvalue weighted by atomic mass is 10.2. The van der Waals surface area contributed by atoms with Gasteiger partial charge in [-0.05, 0) is 12.1 Å². The van der Waals surface area contributed by atoms with Gasteiger partial charge in [-0.1, -0.05) is 0 Å². The molecular weight excluding hydrogens is 234 g/mol. The molecular formula is C8H9N3O4S. The summed E-state index contributed by atoms with van der Waals surface area (Å²) in [6.45, 7) is 0. The van der Waals surface area contributed by atoms with Gasteiger partial charge in [0.1, 0.15) is 0 Å². The number of hydrogen-bond acceptors (Lipinski definition) is 6. The van der Waals surface area contributed by atoms with Gasteiger partial charge in [-0.3, -0.25) is 10.1 Å². The van der Waals surface area contributed by atoms with Crippen molar-refractivity contribution in [2.24, 2.45) is 10.9 Å². The van der Waals surface area contributed by atoms with Gasteiger partial charge in [0.2, 0.25) is 0 Å². The monoisotopic (exact) mass is 243 g/mol. The Labute approximate surface area is 91.6 Å². The summed E-state index contributed by atoms with van der Waals surface area (Å²) in [5, 5.41) is 13.8. The highest BCUT2D eigenvalue weighted by atomic mass is 32.2. The van der Waals surface area contributed by atoms with Gasteiger partial charge in [0.05, 0.1) is 21.6 Å². The molecule has 0 spiro atoms. The lowest BCUT2D eigenvalue weighted by molar-refractivity contribution is -0.385. The number of sulfone groups is 1. The Balaban J connectivity index is 3.46. The summed E-state index contributed by atoms with van der Waals surface area (Å²) in [5.74, 6) is 4.88. The molecule has 7 nitrogen and oxygen atoms in total. The molecule has 16 heavy (non-hydrogen) atoms. The van der Waals surface area contributed by atoms with E-state index in [4.69, 9.17) is 5.84 Å². The average molecular weight is 243 g/mol. The van der Waals surface area contributed by atoms with Crippen LogP contribution in [0.5, 0.6) is 0 Å². The summed E-state index contributed by atoms with van der Waals surface area (Å²) in [6.07, 6.45) is 2.06. The van der Waals surface area contributed by atoms with Crippen LogP contribution in [-0.2, 0) is 9.84 Å². The summed E-state index contributed by atoms with van der Waals surface area (Å²) in [6, 6.07) is 3.52. The molecule has 8 heteroatoms. The molecule has 0 aliphatic carbocycles. The van der Waals surface area contributed by atoms with Crippen molar-refractivity contribution in [3.63, 3.8) is 0 Å². The van der Waals surface area contributed by atoms with Crippen molar-refractivity contribution in [1.29, 1.82) is 0 Å². The van der Waals surface area contributed by atoms with Crippen LogP contribution in [0, 0.1) is 10.1 Å². The molecule has 0 amide bonds. The van der Waals surface area contributed by atoms with E-state index < -0.39 is 14.8 Å². The number of benzene rings is 1. The van der Waals surface area contributed by atoms with Crippen molar-refractivity contribution >= 4 is 21.7 Å². The lowest BCUT2D eigenvalue weighted by Crippen LogP contribution is -2.01. The van der Waals surface area contributed by atoms with E-state index in [-0.39, 0.29) is 16.1 Å². The molecule has 1 aromatic carbocycles. The summed E-state index contributed by atoms with van der Waals surface area (Å²) in [5.41, 5.74) is -0.197. The van der Waals surface area contributed by atoms with Crippen LogP contribution in [0.2, 0.25) is 0 Å². The van der Waals surface area contributed by atoms with Gasteiger partial charge < -0.3 is 5.84 Å². The van der Waals surface area contributed by atoms with Crippen molar-refractivity contribution in [2.45, 2.75) is 4.90 Å². The Morgan fingerprint density at radius 2 is 2.12 bits per heavy atom. The fourth-order valence-corrected chi connectivity index (χ4v) is 1.74. The van der Waals surface area contributed by atoms with Gasteiger partial charge in [-0.2, -0.15) is 5.10 Å². The van der Waals surface area contributed by atoms with Gasteiger partial charge in [-0.25, -0.2) is 8.42 Å². The smallest absolute Gasteiger partial charge is 0.279 e. The predicted octanol–water partition coefficient (Wildman–Crippen LogP) is 0.291. The Morgan fingerprint density at radius 1 is 1.50 bits per heavy atom. The van der Waals surface area contributed by atoms with Gasteiger partial charge in [0, 0.05) is 12.3 Å². The zero-order chi connectivity index (χ0) is 12.3. The van der Waals surface area contributed by atoms with E-state index in [9.17, 15) is 18.5 Å². The Kier molecular flexibility index (Phi) is 3.23. The van der Waals surface area contributed by atoms with Crippen molar-refractivity contribution in [2.75, 3.05) is 6.26 Å². The number of hydrazone groups is 1. The van der Waals surface area contributed by atoms with E-state index in [1.165, 1.54) is 12.1 Å². The standard InChI is InChI=1S/C8H9N3O4S/c1-16(14,15)7-3-2-6(5-10-9)8(4-7)11(12)13/h2-5H,9H2,1H3. The highest BCUT2D eigenvalue weighted by Crippen LogP contribution is 2.21. The summed E-state index contributed by atoms with van der Waals surface area (Å²) >= 11 is 0. The molecule has 2 N–H and O–H groups in total. The second-order valence-electron chi connectivity index (χ2n) is 3.03. The van der Waals surface area contributed by atoms with Gasteiger partial charge in [-0.15, -0.1) is 0 Å². The van der Waals surface area contributed by atoms with Crippen molar-refractivity contribution < 1.29 is 13.3 Å². The highest BCUT2D eigenvalue weighted by molar-refractivity contribution is 7.90. The first-order valence-electron chi connectivity index (χ1n) is 4.08. The Hall–Kier alpha value is -1.96. The molecule has 0 radical (unpaired) electrons. The summed E-state index contributed by atoms with van der Waals surface area (Å²) in [4.78, 5) is 9.88. The van der Waals surface area contributed by atoms with Crippen molar-refractivity contribution in [3.05, 3.63) is 33.9 Å². The molecule has 0 unspecified atom stereocenters. The van der Waals surface area contributed by atoms with Crippen molar-refractivity contribution in [1.82, 2.24) is 0 Å². The second kappa shape index (κ2) is 4.27. The first-order chi connectivity index (χ1) is 7.36. The van der Waals surface area contributed by atoms with Crippen LogP contribution in [0.3, 0.4) is 0 Å². The van der Waals surface area contributed by atoms with E-state index in [1.54, 1.807) is 0 Å². The fourth-order valence-electron chi connectivity index (χ4n) is 1.10. The molecule has 0 aliphatic rings. The minimum atomic E-state index is -3.47. The van der Waals surface area contributed by atoms with Crippen LogP contribution < -0.4 is 5.84 Å². The molecule has 0 bridgehead atoms. The van der Waals surface area contributed by atoms with E-state index >= 15 is 0 Å². The number of nitrogens with two attached hydrogens (primary N) is 1. The molecule has 0 saturated heterocycles. The summed E-state index contributed by atoms with van der Waals surface area (Å²) < 4.78 is 22.4. The molecule has 0 aliphatic heterocycles. The summed E-state index contributed by atoms with van der Waals surface area (Å²) in [7, 11) is -3.47. The van der Waals surface area contributed by atoms with E-state index in [1.807, 2.05) is 0 Å². The average Bonchev–Trinajstić information content (AvgIpc) is 2.16. The maximum Gasteiger partial charge on any atom is 0.279 e. The molecule has 0 saturated carbocycles. The van der Waals surface area contributed by atoms with Crippen LogP contribution in [0.1, 0.15) is 5.56 Å². The van der Waals surface area contributed by atoms with Gasteiger partial charge >= 0.3 is 0 Å². The van der Waals surface area contributed by atoms with Crippen LogP contribution in [0.4, 0.5) is 5.69 Å². The van der Waals surface area contributed by atoms with Crippen LogP contribution >= 0.6 is 0 Å². The molecule has 86 valence electrons. The van der Waals surface area contributed by atoms with Crippen LogP contribution in [0.15, 0.2) is 28.2 Å². The first-order valence-corrected chi connectivity index (χ1v) is 5.97. The first kappa shape index (κ1) is 12.1. The van der Waals surface area contributed by atoms with Crippen molar-refractivity contribution in [3.8, 4) is 0 Å². The lowest BCUT2D eigenvalue weighted by Gasteiger charge is -2.00. The van der Waals surface area contributed by atoms with Gasteiger partial charge in [0.25, 0.3) is 5.69 Å². The van der Waals surface area contributed by atoms with Crippen LogP contribution in [-0.4, -0.2) is 25.8 Å². The zero-order valence-corrected chi connectivity index (χ0v) is 9.14. The highest BCUT2D eigenvalue weighted by Gasteiger charge is 2.17. The third-order valence-electron chi connectivity index (χ3n) is 1.84. The maximum atomic E-state index is 11.2. The minimum Gasteiger partial charge on any atom is -0.323 e. The molecule has 0 aromatic heterocycles. The SMILES string of the molecule is CS(=O)(=O)c1ccc(C=NN)c([N+](=O)[O-])c1. The maximum absolute atomic E-state index is 11.2. The number of rotatable bonds is 3. The molecule has 0 atom stereocenters. The normalized spacial score (nSPS) is 11.8.